The van der Waals surface area contributed by atoms with Crippen LogP contribution >= 0.6 is 0 Å². The average molecular weight is 340 g/mol. The minimum absolute atomic E-state index is 0.0422. The number of rotatable bonds is 7. The summed E-state index contributed by atoms with van der Waals surface area (Å²) < 4.78 is 5.42. The van der Waals surface area contributed by atoms with Crippen LogP contribution in [0.1, 0.15) is 41.5 Å². The number of ether oxygens (including phenoxy) is 1. The van der Waals surface area contributed by atoms with E-state index in [1.807, 2.05) is 26.8 Å². The molecule has 25 heavy (non-hydrogen) atoms. The normalized spacial score (nSPS) is 10.2. The molecule has 0 bridgehead atoms. The van der Waals surface area contributed by atoms with Gasteiger partial charge in [0.05, 0.1) is 6.61 Å². The van der Waals surface area contributed by atoms with Gasteiger partial charge in [-0.3, -0.25) is 9.59 Å². The maximum absolute atomic E-state index is 12.4. The molecule has 0 fully saturated rings. The Hall–Kier alpha value is -2.82. The molecule has 5 heteroatoms. The molecule has 132 valence electrons. The van der Waals surface area contributed by atoms with Crippen molar-refractivity contribution in [2.75, 3.05) is 25.0 Å². The first-order valence-electron chi connectivity index (χ1n) is 8.52. The summed E-state index contributed by atoms with van der Waals surface area (Å²) >= 11 is 0. The third-order valence-electron chi connectivity index (χ3n) is 3.83. The van der Waals surface area contributed by atoms with Crippen LogP contribution in [0.5, 0.6) is 5.75 Å². The zero-order valence-corrected chi connectivity index (χ0v) is 14.9. The Bertz CT molecular complexity index is 739. The van der Waals surface area contributed by atoms with Crippen LogP contribution in [0, 0.1) is 0 Å². The number of anilines is 1. The molecule has 0 aliphatic carbocycles. The van der Waals surface area contributed by atoms with Gasteiger partial charge in [0.1, 0.15) is 5.75 Å². The number of hydrogen-bond acceptors (Lipinski definition) is 3. The Kier molecular flexibility index (Phi) is 6.57. The lowest BCUT2D eigenvalue weighted by Crippen LogP contribution is -2.30. The first-order chi connectivity index (χ1) is 12.1. The van der Waals surface area contributed by atoms with Gasteiger partial charge in [-0.25, -0.2) is 0 Å². The van der Waals surface area contributed by atoms with Crippen molar-refractivity contribution in [3.63, 3.8) is 0 Å². The maximum atomic E-state index is 12.4. The predicted octanol–water partition coefficient (Wildman–Crippen LogP) is 3.82. The molecule has 0 aliphatic heterocycles. The fourth-order valence-corrected chi connectivity index (χ4v) is 2.52. The van der Waals surface area contributed by atoms with Crippen molar-refractivity contribution in [1.29, 1.82) is 0 Å². The van der Waals surface area contributed by atoms with Crippen LogP contribution in [0.15, 0.2) is 48.5 Å². The third kappa shape index (κ3) is 4.83. The van der Waals surface area contributed by atoms with Gasteiger partial charge in [-0.1, -0.05) is 12.1 Å². The van der Waals surface area contributed by atoms with E-state index in [0.29, 0.717) is 42.3 Å². The van der Waals surface area contributed by atoms with Crippen LogP contribution < -0.4 is 10.1 Å². The van der Waals surface area contributed by atoms with E-state index in [2.05, 4.69) is 5.32 Å². The van der Waals surface area contributed by atoms with Gasteiger partial charge in [-0.2, -0.15) is 0 Å². The topological polar surface area (TPSA) is 58.6 Å². The summed E-state index contributed by atoms with van der Waals surface area (Å²) in [5.41, 5.74) is 1.65. The summed E-state index contributed by atoms with van der Waals surface area (Å²) in [4.78, 5) is 26.6. The lowest BCUT2D eigenvalue weighted by molar-refractivity contribution is 0.0772. The molecule has 2 aromatic rings. The SMILES string of the molecule is CCOc1cccc(C(=O)Nc2cccc(C(=O)N(CC)CC)c2)c1. The van der Waals surface area contributed by atoms with Crippen LogP contribution in [0.2, 0.25) is 0 Å². The van der Waals surface area contributed by atoms with E-state index in [1.165, 1.54) is 0 Å². The van der Waals surface area contributed by atoms with Crippen LogP contribution in [0.25, 0.3) is 0 Å². The molecule has 2 rings (SSSR count). The Morgan fingerprint density at radius 3 is 2.32 bits per heavy atom. The van der Waals surface area contributed by atoms with Crippen molar-refractivity contribution >= 4 is 17.5 Å². The summed E-state index contributed by atoms with van der Waals surface area (Å²) in [6.45, 7) is 7.62. The molecule has 2 amide bonds. The maximum Gasteiger partial charge on any atom is 0.255 e. The highest BCUT2D eigenvalue weighted by molar-refractivity contribution is 6.05. The summed E-state index contributed by atoms with van der Waals surface area (Å²) in [6.07, 6.45) is 0. The molecule has 0 unspecified atom stereocenters. The van der Waals surface area contributed by atoms with Crippen LogP contribution in [-0.2, 0) is 0 Å². The number of nitrogens with one attached hydrogen (secondary N) is 1. The van der Waals surface area contributed by atoms with Gasteiger partial charge in [0, 0.05) is 29.9 Å². The quantitative estimate of drug-likeness (QED) is 0.833. The van der Waals surface area contributed by atoms with E-state index in [-0.39, 0.29) is 11.8 Å². The van der Waals surface area contributed by atoms with Crippen molar-refractivity contribution in [2.45, 2.75) is 20.8 Å². The molecule has 0 heterocycles. The Labute approximate surface area is 148 Å². The second-order valence-electron chi connectivity index (χ2n) is 5.47. The number of amides is 2. The van der Waals surface area contributed by atoms with E-state index in [0.717, 1.165) is 0 Å². The number of hydrogen-bond donors (Lipinski definition) is 1. The Balaban J connectivity index is 2.15. The molecule has 0 spiro atoms. The second kappa shape index (κ2) is 8.87. The number of carbonyl (C=O) groups is 2. The molecule has 0 atom stereocenters. The van der Waals surface area contributed by atoms with Gasteiger partial charge in [0.25, 0.3) is 11.8 Å². The lowest BCUT2D eigenvalue weighted by atomic mass is 10.1. The van der Waals surface area contributed by atoms with Crippen LogP contribution in [-0.4, -0.2) is 36.4 Å². The van der Waals surface area contributed by atoms with Crippen LogP contribution in [0.3, 0.4) is 0 Å². The van der Waals surface area contributed by atoms with Gasteiger partial charge in [-0.05, 0) is 57.2 Å². The highest BCUT2D eigenvalue weighted by Gasteiger charge is 2.14. The fraction of sp³-hybridized carbons (Fsp3) is 0.300. The van der Waals surface area contributed by atoms with Crippen molar-refractivity contribution in [1.82, 2.24) is 4.90 Å². The number of benzene rings is 2. The molecular weight excluding hydrogens is 316 g/mol. The zero-order chi connectivity index (χ0) is 18.2. The van der Waals surface area contributed by atoms with Crippen LogP contribution in [0.4, 0.5) is 5.69 Å². The Morgan fingerprint density at radius 2 is 1.64 bits per heavy atom. The summed E-state index contributed by atoms with van der Waals surface area (Å²) in [7, 11) is 0. The van der Waals surface area contributed by atoms with Crippen molar-refractivity contribution in [3.05, 3.63) is 59.7 Å². The third-order valence-corrected chi connectivity index (χ3v) is 3.83. The zero-order valence-electron chi connectivity index (χ0n) is 14.9. The molecule has 0 saturated carbocycles. The fourth-order valence-electron chi connectivity index (χ4n) is 2.52. The molecule has 1 N–H and O–H groups in total. The van der Waals surface area contributed by atoms with E-state index in [1.54, 1.807) is 47.4 Å². The van der Waals surface area contributed by atoms with Crippen molar-refractivity contribution < 1.29 is 14.3 Å². The first kappa shape index (κ1) is 18.5. The van der Waals surface area contributed by atoms with E-state index >= 15 is 0 Å². The molecule has 0 aliphatic rings. The molecule has 0 saturated heterocycles. The first-order valence-corrected chi connectivity index (χ1v) is 8.52. The van der Waals surface area contributed by atoms with Gasteiger partial charge in [0.2, 0.25) is 0 Å². The molecule has 5 nitrogen and oxygen atoms in total. The van der Waals surface area contributed by atoms with Gasteiger partial charge in [-0.15, -0.1) is 0 Å². The minimum Gasteiger partial charge on any atom is -0.494 e. The van der Waals surface area contributed by atoms with Crippen molar-refractivity contribution in [3.8, 4) is 5.75 Å². The standard InChI is InChI=1S/C20H24N2O3/c1-4-22(5-2)20(24)16-10-7-11-17(13-16)21-19(23)15-9-8-12-18(14-15)25-6-3/h7-14H,4-6H2,1-3H3,(H,21,23). The number of nitrogens with zero attached hydrogens (tertiary/aromatic N) is 1. The summed E-state index contributed by atoms with van der Waals surface area (Å²) in [5.74, 6) is 0.369. The largest absolute Gasteiger partial charge is 0.494 e. The number of carbonyl (C=O) groups excluding carboxylic acids is 2. The molecule has 2 aromatic carbocycles. The van der Waals surface area contributed by atoms with E-state index in [9.17, 15) is 9.59 Å². The highest BCUT2D eigenvalue weighted by atomic mass is 16.5. The minimum atomic E-state index is -0.242. The smallest absolute Gasteiger partial charge is 0.255 e. The Morgan fingerprint density at radius 1 is 0.960 bits per heavy atom. The molecular formula is C20H24N2O3. The average Bonchev–Trinajstić information content (AvgIpc) is 2.63. The predicted molar refractivity (Wildman–Crippen MR) is 99.3 cm³/mol. The van der Waals surface area contributed by atoms with Gasteiger partial charge >= 0.3 is 0 Å². The van der Waals surface area contributed by atoms with Crippen molar-refractivity contribution in [2.24, 2.45) is 0 Å². The van der Waals surface area contributed by atoms with E-state index in [4.69, 9.17) is 4.74 Å². The monoisotopic (exact) mass is 340 g/mol. The lowest BCUT2D eigenvalue weighted by Gasteiger charge is -2.19. The highest BCUT2D eigenvalue weighted by Crippen LogP contribution is 2.17. The summed E-state index contributed by atoms with van der Waals surface area (Å²) in [5, 5.41) is 2.83. The van der Waals surface area contributed by atoms with E-state index < -0.39 is 0 Å². The molecule has 0 aromatic heterocycles. The van der Waals surface area contributed by atoms with Gasteiger partial charge < -0.3 is 15.0 Å². The molecule has 0 radical (unpaired) electrons. The second-order valence-corrected chi connectivity index (χ2v) is 5.47. The summed E-state index contributed by atoms with van der Waals surface area (Å²) in [6, 6.07) is 14.0. The van der Waals surface area contributed by atoms with Gasteiger partial charge in [0.15, 0.2) is 0 Å².